The van der Waals surface area contributed by atoms with Crippen molar-refractivity contribution in [3.8, 4) is 0 Å². The Bertz CT molecular complexity index is 196. The summed E-state index contributed by atoms with van der Waals surface area (Å²) in [5, 5.41) is 11.0. The maximum absolute atomic E-state index is 8.09. The van der Waals surface area contributed by atoms with E-state index in [0.717, 1.165) is 5.56 Å². The van der Waals surface area contributed by atoms with Crippen molar-refractivity contribution in [1.82, 2.24) is 0 Å². The summed E-state index contributed by atoms with van der Waals surface area (Å²) in [6, 6.07) is 9.40. The van der Waals surface area contributed by atoms with Gasteiger partial charge in [0.15, 0.2) is 0 Å². The van der Waals surface area contributed by atoms with Gasteiger partial charge in [-0.05, 0) is 5.56 Å². The molecule has 0 aliphatic carbocycles. The molecule has 3 nitrogen and oxygen atoms in total. The zero-order valence-electron chi connectivity index (χ0n) is 5.36. The molecule has 1 aromatic rings. The third-order valence-electron chi connectivity index (χ3n) is 1.01. The summed E-state index contributed by atoms with van der Waals surface area (Å²) in [6.07, 6.45) is 1.39. The lowest BCUT2D eigenvalue weighted by Crippen LogP contribution is -1.76. The van der Waals surface area contributed by atoms with Crippen molar-refractivity contribution < 1.29 is 10.7 Å². The Morgan fingerprint density at radius 2 is 1.80 bits per heavy atom. The number of hydrogen-bond donors (Lipinski definition) is 1. The van der Waals surface area contributed by atoms with Crippen LogP contribution in [0.5, 0.6) is 0 Å². The lowest BCUT2D eigenvalue weighted by Gasteiger charge is -1.85. The Balaban J connectivity index is 0.000000810. The van der Waals surface area contributed by atoms with Crippen LogP contribution in [0.4, 0.5) is 0 Å². The first-order valence-corrected chi connectivity index (χ1v) is 2.66. The van der Waals surface area contributed by atoms with Crippen LogP contribution in [0.2, 0.25) is 0 Å². The van der Waals surface area contributed by atoms with E-state index >= 15 is 0 Å². The molecular formula is C7H9NO2. The summed E-state index contributed by atoms with van der Waals surface area (Å²) in [7, 11) is 0. The van der Waals surface area contributed by atoms with Crippen LogP contribution in [0.25, 0.3) is 0 Å². The third kappa shape index (κ3) is 2.28. The Hall–Kier alpha value is -1.35. The normalized spacial score (nSPS) is 9.20. The Morgan fingerprint density at radius 3 is 2.30 bits per heavy atom. The highest BCUT2D eigenvalue weighted by molar-refractivity contribution is 5.78. The van der Waals surface area contributed by atoms with Gasteiger partial charge in [-0.15, -0.1) is 0 Å². The Kier molecular flexibility index (Phi) is 3.91. The molecule has 0 bridgehead atoms. The molecule has 0 amide bonds. The number of oxime groups is 1. The highest BCUT2D eigenvalue weighted by Gasteiger charge is 1.79. The molecule has 0 aliphatic rings. The van der Waals surface area contributed by atoms with E-state index < -0.39 is 0 Å². The van der Waals surface area contributed by atoms with Crippen LogP contribution >= 0.6 is 0 Å². The van der Waals surface area contributed by atoms with Crippen LogP contribution in [0.3, 0.4) is 0 Å². The Labute approximate surface area is 58.9 Å². The summed E-state index contributed by atoms with van der Waals surface area (Å²) in [6.45, 7) is 0. The van der Waals surface area contributed by atoms with Gasteiger partial charge in [-0.2, -0.15) is 0 Å². The quantitative estimate of drug-likeness (QED) is 0.347. The van der Waals surface area contributed by atoms with Crippen molar-refractivity contribution in [2.45, 2.75) is 0 Å². The van der Waals surface area contributed by atoms with Gasteiger partial charge in [0.2, 0.25) is 0 Å². The maximum Gasteiger partial charge on any atom is 0.0733 e. The number of nitrogens with zero attached hydrogens (tertiary/aromatic N) is 1. The van der Waals surface area contributed by atoms with Crippen LogP contribution in [0, 0.1) is 0 Å². The molecule has 0 saturated carbocycles. The van der Waals surface area contributed by atoms with Gasteiger partial charge in [-0.1, -0.05) is 35.5 Å². The van der Waals surface area contributed by atoms with Gasteiger partial charge in [-0.25, -0.2) is 0 Å². The molecule has 0 radical (unpaired) electrons. The zero-order valence-corrected chi connectivity index (χ0v) is 5.36. The van der Waals surface area contributed by atoms with Gasteiger partial charge >= 0.3 is 0 Å². The van der Waals surface area contributed by atoms with Gasteiger partial charge in [-0.3, -0.25) is 0 Å². The summed E-state index contributed by atoms with van der Waals surface area (Å²) in [5.41, 5.74) is 0.903. The predicted octanol–water partition coefficient (Wildman–Crippen LogP) is 0.670. The smallest absolute Gasteiger partial charge is 0.0733 e. The van der Waals surface area contributed by atoms with Gasteiger partial charge in [0.25, 0.3) is 0 Å². The lowest BCUT2D eigenvalue weighted by atomic mass is 10.2. The van der Waals surface area contributed by atoms with Crippen LogP contribution in [-0.2, 0) is 0 Å². The van der Waals surface area contributed by atoms with E-state index in [-0.39, 0.29) is 5.48 Å². The molecule has 0 unspecified atom stereocenters. The summed E-state index contributed by atoms with van der Waals surface area (Å²) < 4.78 is 0. The van der Waals surface area contributed by atoms with Gasteiger partial charge in [0, 0.05) is 0 Å². The second-order valence-corrected chi connectivity index (χ2v) is 1.66. The molecule has 0 aromatic heterocycles. The van der Waals surface area contributed by atoms with Crippen molar-refractivity contribution in [2.75, 3.05) is 0 Å². The number of benzene rings is 1. The van der Waals surface area contributed by atoms with E-state index in [1.807, 2.05) is 30.3 Å². The molecule has 1 rings (SSSR count). The standard InChI is InChI=1S/C7H7NO.H2O/c9-8-6-7-4-2-1-3-5-7;/h1-6,9H;1H2. The highest BCUT2D eigenvalue weighted by Crippen LogP contribution is 1.92. The van der Waals surface area contributed by atoms with E-state index in [0.29, 0.717) is 0 Å². The topological polar surface area (TPSA) is 64.1 Å². The van der Waals surface area contributed by atoms with E-state index in [2.05, 4.69) is 5.16 Å². The fraction of sp³-hybridized carbons (Fsp3) is 0. The molecule has 0 spiro atoms. The first kappa shape index (κ1) is 8.65. The molecule has 0 heterocycles. The van der Waals surface area contributed by atoms with Crippen molar-refractivity contribution in [2.24, 2.45) is 5.16 Å². The van der Waals surface area contributed by atoms with Crippen LogP contribution in [-0.4, -0.2) is 16.9 Å². The van der Waals surface area contributed by atoms with Gasteiger partial charge in [0.1, 0.15) is 0 Å². The summed E-state index contributed by atoms with van der Waals surface area (Å²) in [5.74, 6) is 0. The fourth-order valence-corrected chi connectivity index (χ4v) is 0.606. The summed E-state index contributed by atoms with van der Waals surface area (Å²) >= 11 is 0. The molecule has 10 heavy (non-hydrogen) atoms. The summed E-state index contributed by atoms with van der Waals surface area (Å²) in [4.78, 5) is 0. The maximum atomic E-state index is 8.09. The number of hydrogen-bond acceptors (Lipinski definition) is 2. The first-order chi connectivity index (χ1) is 4.43. The van der Waals surface area contributed by atoms with Crippen molar-refractivity contribution >= 4 is 6.21 Å². The molecule has 54 valence electrons. The molecule has 1 aromatic carbocycles. The predicted molar refractivity (Wildman–Crippen MR) is 39.4 cm³/mol. The first-order valence-electron chi connectivity index (χ1n) is 2.66. The Morgan fingerprint density at radius 1 is 1.20 bits per heavy atom. The molecule has 3 heteroatoms. The van der Waals surface area contributed by atoms with E-state index in [1.54, 1.807) is 0 Å². The van der Waals surface area contributed by atoms with Crippen LogP contribution in [0.15, 0.2) is 35.5 Å². The average molecular weight is 139 g/mol. The van der Waals surface area contributed by atoms with E-state index in [9.17, 15) is 0 Å². The fourth-order valence-electron chi connectivity index (χ4n) is 0.606. The third-order valence-corrected chi connectivity index (χ3v) is 1.01. The molecule has 0 saturated heterocycles. The minimum absolute atomic E-state index is 0. The molecule has 0 fully saturated rings. The largest absolute Gasteiger partial charge is 0.412 e. The molecular weight excluding hydrogens is 130 g/mol. The number of rotatable bonds is 1. The van der Waals surface area contributed by atoms with Crippen molar-refractivity contribution in [1.29, 1.82) is 0 Å². The molecule has 0 atom stereocenters. The monoisotopic (exact) mass is 139 g/mol. The second kappa shape index (κ2) is 4.52. The molecule has 0 aliphatic heterocycles. The van der Waals surface area contributed by atoms with Gasteiger partial charge in [0.05, 0.1) is 6.21 Å². The average Bonchev–Trinajstić information content (AvgIpc) is 1.91. The minimum Gasteiger partial charge on any atom is -0.412 e. The lowest BCUT2D eigenvalue weighted by molar-refractivity contribution is 0.322. The minimum atomic E-state index is 0. The van der Waals surface area contributed by atoms with Crippen molar-refractivity contribution in [3.63, 3.8) is 0 Å². The highest BCUT2D eigenvalue weighted by atomic mass is 16.4. The zero-order chi connectivity index (χ0) is 6.53. The van der Waals surface area contributed by atoms with E-state index in [4.69, 9.17) is 5.21 Å². The van der Waals surface area contributed by atoms with Crippen LogP contribution in [0.1, 0.15) is 5.56 Å². The van der Waals surface area contributed by atoms with Gasteiger partial charge < -0.3 is 10.7 Å². The van der Waals surface area contributed by atoms with E-state index in [1.165, 1.54) is 6.21 Å². The SMILES string of the molecule is O.ON=Cc1ccccc1. The van der Waals surface area contributed by atoms with Crippen molar-refractivity contribution in [3.05, 3.63) is 35.9 Å². The second-order valence-electron chi connectivity index (χ2n) is 1.66. The molecule has 3 N–H and O–H groups in total. The van der Waals surface area contributed by atoms with Crippen LogP contribution < -0.4 is 0 Å².